The molecule has 2 heterocycles. The average Bonchev–Trinajstić information content (AvgIpc) is 2.55. The molecule has 2 bridgehead atoms. The van der Waals surface area contributed by atoms with Crippen molar-refractivity contribution in [2.24, 2.45) is 5.73 Å². The van der Waals surface area contributed by atoms with E-state index in [0.717, 1.165) is 45.0 Å². The van der Waals surface area contributed by atoms with Gasteiger partial charge in [-0.25, -0.2) is 0 Å². The SMILES string of the molecule is Cl.Cl.Cl.N#Cc1ccc(OCCN2CC3CN(CCN)CC(C2)O3)cc1. The van der Waals surface area contributed by atoms with Crippen molar-refractivity contribution < 1.29 is 9.47 Å². The van der Waals surface area contributed by atoms with E-state index in [0.29, 0.717) is 18.7 Å². The lowest BCUT2D eigenvalue weighted by molar-refractivity contribution is -0.138. The van der Waals surface area contributed by atoms with Crippen LogP contribution in [0.2, 0.25) is 0 Å². The summed E-state index contributed by atoms with van der Waals surface area (Å²) in [5.74, 6) is 0.812. The van der Waals surface area contributed by atoms with E-state index in [1.165, 1.54) is 0 Å². The minimum Gasteiger partial charge on any atom is -0.492 e. The summed E-state index contributed by atoms with van der Waals surface area (Å²) in [5.41, 5.74) is 6.30. The van der Waals surface area contributed by atoms with E-state index < -0.39 is 0 Å². The Morgan fingerprint density at radius 2 is 1.54 bits per heavy atom. The van der Waals surface area contributed by atoms with Crippen LogP contribution < -0.4 is 10.5 Å². The summed E-state index contributed by atoms with van der Waals surface area (Å²) < 4.78 is 11.8. The molecule has 2 atom stereocenters. The van der Waals surface area contributed by atoms with Gasteiger partial charge in [0.25, 0.3) is 0 Å². The zero-order valence-corrected chi connectivity index (χ0v) is 17.0. The molecule has 2 unspecified atom stereocenters. The molecule has 9 heteroatoms. The Balaban J connectivity index is 0.00000208. The summed E-state index contributed by atoms with van der Waals surface area (Å²) in [4.78, 5) is 4.83. The number of hydrogen-bond acceptors (Lipinski definition) is 6. The molecule has 2 N–H and O–H groups in total. The molecule has 2 aliphatic heterocycles. The van der Waals surface area contributed by atoms with Crippen LogP contribution in [0, 0.1) is 11.3 Å². The summed E-state index contributed by atoms with van der Waals surface area (Å²) in [6.07, 6.45) is 0.563. The predicted molar refractivity (Wildman–Crippen MR) is 109 cm³/mol. The molecule has 3 rings (SSSR count). The summed E-state index contributed by atoms with van der Waals surface area (Å²) in [5, 5.41) is 8.79. The number of nitrogens with zero attached hydrogens (tertiary/aromatic N) is 3. The van der Waals surface area contributed by atoms with Gasteiger partial charge in [-0.1, -0.05) is 0 Å². The highest BCUT2D eigenvalue weighted by Crippen LogP contribution is 2.19. The van der Waals surface area contributed by atoms with Gasteiger partial charge in [-0.05, 0) is 24.3 Å². The van der Waals surface area contributed by atoms with E-state index in [1.807, 2.05) is 12.1 Å². The van der Waals surface area contributed by atoms with Gasteiger partial charge in [0.2, 0.25) is 0 Å². The minimum absolute atomic E-state index is 0. The minimum atomic E-state index is 0. The maximum atomic E-state index is 8.79. The second-order valence-electron chi connectivity index (χ2n) is 6.17. The normalized spacial score (nSPS) is 22.2. The first-order valence-corrected chi connectivity index (χ1v) is 8.20. The maximum absolute atomic E-state index is 8.79. The topological polar surface area (TPSA) is 74.8 Å². The van der Waals surface area contributed by atoms with Crippen molar-refractivity contribution in [3.05, 3.63) is 29.8 Å². The third-order valence-electron chi connectivity index (χ3n) is 4.34. The van der Waals surface area contributed by atoms with Crippen LogP contribution >= 0.6 is 37.2 Å². The van der Waals surface area contributed by atoms with Crippen molar-refractivity contribution in [2.75, 3.05) is 52.4 Å². The standard InChI is InChI=1S/C17H24N4O2.3ClH/c18-5-6-20-10-16-12-21(13-17(11-20)23-16)7-8-22-15-3-1-14(9-19)2-4-15;;;/h1-4,16-17H,5-8,10-13,18H2;3*1H. The molecule has 0 spiro atoms. The first-order chi connectivity index (χ1) is 11.3. The van der Waals surface area contributed by atoms with Gasteiger partial charge in [0, 0.05) is 45.8 Å². The molecule has 0 aliphatic carbocycles. The molecule has 0 radical (unpaired) electrons. The molecule has 1 aromatic rings. The molecule has 0 saturated carbocycles. The molecule has 148 valence electrons. The van der Waals surface area contributed by atoms with E-state index in [1.54, 1.807) is 12.1 Å². The van der Waals surface area contributed by atoms with E-state index >= 15 is 0 Å². The maximum Gasteiger partial charge on any atom is 0.119 e. The first-order valence-electron chi connectivity index (χ1n) is 8.20. The molecule has 0 aromatic heterocycles. The van der Waals surface area contributed by atoms with Gasteiger partial charge in [-0.15, -0.1) is 37.2 Å². The number of morpholine rings is 2. The Morgan fingerprint density at radius 1 is 1.00 bits per heavy atom. The van der Waals surface area contributed by atoms with E-state index in [2.05, 4.69) is 15.9 Å². The molecular weight excluding hydrogens is 399 g/mol. The number of benzene rings is 1. The number of ether oxygens (including phenoxy) is 2. The van der Waals surface area contributed by atoms with Gasteiger partial charge in [-0.2, -0.15) is 5.26 Å². The Labute approximate surface area is 173 Å². The fraction of sp³-hybridized carbons (Fsp3) is 0.588. The summed E-state index contributed by atoms with van der Waals surface area (Å²) >= 11 is 0. The van der Waals surface area contributed by atoms with Gasteiger partial charge in [0.1, 0.15) is 12.4 Å². The molecule has 26 heavy (non-hydrogen) atoms. The summed E-state index contributed by atoms with van der Waals surface area (Å²) in [6, 6.07) is 9.35. The third kappa shape index (κ3) is 7.09. The van der Waals surface area contributed by atoms with Gasteiger partial charge in [0.15, 0.2) is 0 Å². The first kappa shape index (κ1) is 25.2. The van der Waals surface area contributed by atoms with E-state index in [-0.39, 0.29) is 49.4 Å². The number of halogens is 3. The fourth-order valence-electron chi connectivity index (χ4n) is 3.33. The van der Waals surface area contributed by atoms with Crippen LogP contribution in [-0.4, -0.2) is 74.4 Å². The number of nitrogens with two attached hydrogens (primary N) is 1. The monoisotopic (exact) mass is 424 g/mol. The highest BCUT2D eigenvalue weighted by molar-refractivity contribution is 5.86. The lowest BCUT2D eigenvalue weighted by Gasteiger charge is -2.45. The second kappa shape index (κ2) is 12.6. The number of fused-ring (bicyclic) bond motifs is 2. The van der Waals surface area contributed by atoms with Gasteiger partial charge in [-0.3, -0.25) is 9.80 Å². The molecular formula is C17H27Cl3N4O2. The molecule has 6 nitrogen and oxygen atoms in total. The van der Waals surface area contributed by atoms with Crippen molar-refractivity contribution >= 4 is 37.2 Å². The number of hydrogen-bond donors (Lipinski definition) is 1. The van der Waals surface area contributed by atoms with Crippen molar-refractivity contribution in [2.45, 2.75) is 12.2 Å². The predicted octanol–water partition coefficient (Wildman–Crippen LogP) is 1.55. The van der Waals surface area contributed by atoms with Crippen LogP contribution in [-0.2, 0) is 4.74 Å². The largest absolute Gasteiger partial charge is 0.492 e. The molecule has 2 fully saturated rings. The quantitative estimate of drug-likeness (QED) is 0.745. The van der Waals surface area contributed by atoms with E-state index in [9.17, 15) is 0 Å². The Kier molecular flexibility index (Phi) is 12.2. The number of nitriles is 1. The van der Waals surface area contributed by atoms with Crippen LogP contribution in [0.25, 0.3) is 0 Å². The average molecular weight is 426 g/mol. The van der Waals surface area contributed by atoms with Crippen LogP contribution in [0.1, 0.15) is 5.56 Å². The zero-order chi connectivity index (χ0) is 16.1. The molecule has 0 amide bonds. The molecule has 1 aromatic carbocycles. The highest BCUT2D eigenvalue weighted by atomic mass is 35.5. The van der Waals surface area contributed by atoms with Crippen LogP contribution in [0.15, 0.2) is 24.3 Å². The Morgan fingerprint density at radius 3 is 2.04 bits per heavy atom. The van der Waals surface area contributed by atoms with Crippen molar-refractivity contribution in [1.82, 2.24) is 9.80 Å². The molecule has 2 saturated heterocycles. The van der Waals surface area contributed by atoms with Gasteiger partial charge in [0.05, 0.1) is 23.8 Å². The smallest absolute Gasteiger partial charge is 0.119 e. The van der Waals surface area contributed by atoms with Crippen LogP contribution in [0.5, 0.6) is 5.75 Å². The van der Waals surface area contributed by atoms with Crippen molar-refractivity contribution in [1.29, 1.82) is 5.26 Å². The van der Waals surface area contributed by atoms with Crippen molar-refractivity contribution in [3.63, 3.8) is 0 Å². The highest BCUT2D eigenvalue weighted by Gasteiger charge is 2.34. The number of rotatable bonds is 6. The van der Waals surface area contributed by atoms with Crippen LogP contribution in [0.3, 0.4) is 0 Å². The lowest BCUT2D eigenvalue weighted by atomic mass is 10.1. The zero-order valence-electron chi connectivity index (χ0n) is 14.6. The van der Waals surface area contributed by atoms with Crippen LogP contribution in [0.4, 0.5) is 0 Å². The van der Waals surface area contributed by atoms with Gasteiger partial charge < -0.3 is 15.2 Å². The third-order valence-corrected chi connectivity index (χ3v) is 4.34. The molecule has 2 aliphatic rings. The van der Waals surface area contributed by atoms with E-state index in [4.69, 9.17) is 20.5 Å². The fourth-order valence-corrected chi connectivity index (χ4v) is 3.33. The summed E-state index contributed by atoms with van der Waals surface area (Å²) in [7, 11) is 0. The van der Waals surface area contributed by atoms with Gasteiger partial charge >= 0.3 is 0 Å². The summed E-state index contributed by atoms with van der Waals surface area (Å²) in [6.45, 7) is 7.06. The lowest BCUT2D eigenvalue weighted by Crippen LogP contribution is -2.60. The Bertz CT molecular complexity index is 542. The van der Waals surface area contributed by atoms with Crippen molar-refractivity contribution in [3.8, 4) is 11.8 Å². The Hall–Kier alpha value is -0.780. The second-order valence-corrected chi connectivity index (χ2v) is 6.17.